The average molecular weight is 465 g/mol. The van der Waals surface area contributed by atoms with Crippen LogP contribution in [0.1, 0.15) is 28.9 Å². The maximum Gasteiger partial charge on any atom is 0.255 e. The second kappa shape index (κ2) is 10.2. The minimum absolute atomic E-state index is 0.0278. The molecule has 9 nitrogen and oxygen atoms in total. The molecule has 174 valence electrons. The molecule has 0 bridgehead atoms. The molecule has 1 unspecified atom stereocenters. The van der Waals surface area contributed by atoms with Crippen LogP contribution >= 0.6 is 0 Å². The largest absolute Gasteiger partial charge is 0.497 e. The number of sulfonamides is 1. The van der Waals surface area contributed by atoms with E-state index in [2.05, 4.69) is 5.32 Å². The maximum atomic E-state index is 13.1. The average Bonchev–Trinajstić information content (AvgIpc) is 2.83. The number of carbonyl (C=O) groups is 1. The van der Waals surface area contributed by atoms with Gasteiger partial charge in [-0.15, -0.1) is 0 Å². The zero-order valence-electron chi connectivity index (χ0n) is 18.6. The van der Waals surface area contributed by atoms with Gasteiger partial charge in [0, 0.05) is 24.7 Å². The number of nitrogens with one attached hydrogen (secondary N) is 1. The third kappa shape index (κ3) is 4.98. The van der Waals surface area contributed by atoms with E-state index in [1.54, 1.807) is 25.3 Å². The maximum absolute atomic E-state index is 13.1. The van der Waals surface area contributed by atoms with Crippen molar-refractivity contribution in [2.45, 2.75) is 17.9 Å². The van der Waals surface area contributed by atoms with Gasteiger partial charge < -0.3 is 24.3 Å². The lowest BCUT2D eigenvalue weighted by Crippen LogP contribution is -2.40. The Kier molecular flexibility index (Phi) is 7.60. The van der Waals surface area contributed by atoms with Gasteiger partial charge in [-0.3, -0.25) is 4.79 Å². The van der Waals surface area contributed by atoms with Crippen LogP contribution in [-0.4, -0.2) is 66.3 Å². The number of rotatable bonds is 8. The van der Waals surface area contributed by atoms with Gasteiger partial charge in [-0.25, -0.2) is 8.42 Å². The molecule has 1 N–H and O–H groups in total. The third-order valence-electron chi connectivity index (χ3n) is 5.28. The highest BCUT2D eigenvalue weighted by Gasteiger charge is 2.28. The van der Waals surface area contributed by atoms with Crippen LogP contribution in [0.2, 0.25) is 0 Å². The number of benzene rings is 2. The summed E-state index contributed by atoms with van der Waals surface area (Å²) >= 11 is 0. The van der Waals surface area contributed by atoms with Crippen molar-refractivity contribution in [3.05, 3.63) is 47.5 Å². The molecule has 0 spiro atoms. The lowest BCUT2D eigenvalue weighted by Gasteiger charge is -2.26. The first-order valence-electron chi connectivity index (χ1n) is 10.1. The Morgan fingerprint density at radius 1 is 1.00 bits per heavy atom. The van der Waals surface area contributed by atoms with Crippen LogP contribution in [0.3, 0.4) is 0 Å². The van der Waals surface area contributed by atoms with Gasteiger partial charge in [-0.1, -0.05) is 0 Å². The van der Waals surface area contributed by atoms with Gasteiger partial charge in [-0.2, -0.15) is 4.31 Å². The van der Waals surface area contributed by atoms with E-state index in [0.29, 0.717) is 24.7 Å². The molecule has 32 heavy (non-hydrogen) atoms. The summed E-state index contributed by atoms with van der Waals surface area (Å²) < 4.78 is 48.6. The van der Waals surface area contributed by atoms with E-state index >= 15 is 0 Å². The van der Waals surface area contributed by atoms with Gasteiger partial charge in [0.25, 0.3) is 5.91 Å². The molecule has 1 saturated heterocycles. The SMILES string of the molecule is COc1ccc(C(C)NC(=O)c2cc(S(=O)(=O)N3CCOCC3)ccc2OC)c(OC)c1. The van der Waals surface area contributed by atoms with Gasteiger partial charge in [0.15, 0.2) is 0 Å². The van der Waals surface area contributed by atoms with Crippen molar-refractivity contribution in [3.8, 4) is 17.2 Å². The molecule has 1 amide bonds. The van der Waals surface area contributed by atoms with E-state index in [9.17, 15) is 13.2 Å². The third-order valence-corrected chi connectivity index (χ3v) is 7.17. The molecular weight excluding hydrogens is 436 g/mol. The summed E-state index contributed by atoms with van der Waals surface area (Å²) in [6, 6.07) is 9.16. The van der Waals surface area contributed by atoms with Crippen LogP contribution in [0.15, 0.2) is 41.3 Å². The highest BCUT2D eigenvalue weighted by molar-refractivity contribution is 7.89. The highest BCUT2D eigenvalue weighted by Crippen LogP contribution is 2.30. The molecule has 1 aliphatic rings. The molecule has 1 aliphatic heterocycles. The van der Waals surface area contributed by atoms with E-state index in [1.807, 2.05) is 6.92 Å². The van der Waals surface area contributed by atoms with E-state index in [0.717, 1.165) is 5.56 Å². The molecule has 0 aromatic heterocycles. The van der Waals surface area contributed by atoms with Crippen molar-refractivity contribution in [2.75, 3.05) is 47.6 Å². The Balaban J connectivity index is 1.88. The van der Waals surface area contributed by atoms with Crippen molar-refractivity contribution in [1.29, 1.82) is 0 Å². The molecule has 2 aromatic carbocycles. The van der Waals surface area contributed by atoms with Crippen LogP contribution in [0, 0.1) is 0 Å². The zero-order valence-corrected chi connectivity index (χ0v) is 19.4. The van der Waals surface area contributed by atoms with Crippen molar-refractivity contribution in [2.24, 2.45) is 0 Å². The summed E-state index contributed by atoms with van der Waals surface area (Å²) in [6.45, 7) is 3.02. The lowest BCUT2D eigenvalue weighted by molar-refractivity contribution is 0.0730. The molecule has 0 aliphatic carbocycles. The van der Waals surface area contributed by atoms with Gasteiger partial charge >= 0.3 is 0 Å². The molecule has 3 rings (SSSR count). The predicted molar refractivity (Wildman–Crippen MR) is 118 cm³/mol. The van der Waals surface area contributed by atoms with E-state index in [-0.39, 0.29) is 29.3 Å². The molecule has 1 heterocycles. The van der Waals surface area contributed by atoms with Crippen LogP contribution < -0.4 is 19.5 Å². The quantitative estimate of drug-likeness (QED) is 0.639. The fourth-order valence-electron chi connectivity index (χ4n) is 3.49. The number of morpholine rings is 1. The molecule has 1 fully saturated rings. The smallest absolute Gasteiger partial charge is 0.255 e. The second-order valence-electron chi connectivity index (χ2n) is 7.18. The van der Waals surface area contributed by atoms with E-state index in [4.69, 9.17) is 18.9 Å². The van der Waals surface area contributed by atoms with E-state index in [1.165, 1.54) is 36.7 Å². The topological polar surface area (TPSA) is 103 Å². The van der Waals surface area contributed by atoms with Crippen LogP contribution in [0.4, 0.5) is 0 Å². The van der Waals surface area contributed by atoms with Crippen molar-refractivity contribution in [1.82, 2.24) is 9.62 Å². The van der Waals surface area contributed by atoms with Gasteiger partial charge in [0.2, 0.25) is 10.0 Å². The van der Waals surface area contributed by atoms with Crippen molar-refractivity contribution < 1.29 is 32.2 Å². The monoisotopic (exact) mass is 464 g/mol. The molecule has 2 aromatic rings. The van der Waals surface area contributed by atoms with Crippen molar-refractivity contribution in [3.63, 3.8) is 0 Å². The summed E-state index contributed by atoms with van der Waals surface area (Å²) in [5.41, 5.74) is 0.874. The highest BCUT2D eigenvalue weighted by atomic mass is 32.2. The molecule has 1 atom stereocenters. The number of hydrogen-bond donors (Lipinski definition) is 1. The predicted octanol–water partition coefficient (Wildman–Crippen LogP) is 2.22. The fourth-order valence-corrected chi connectivity index (χ4v) is 4.92. The molecule has 0 saturated carbocycles. The number of hydrogen-bond acceptors (Lipinski definition) is 7. The van der Waals surface area contributed by atoms with Crippen molar-refractivity contribution >= 4 is 15.9 Å². The fraction of sp³-hybridized carbons (Fsp3) is 0.409. The zero-order chi connectivity index (χ0) is 23.3. The Labute approximate surface area is 188 Å². The Bertz CT molecular complexity index is 1070. The van der Waals surface area contributed by atoms with Crippen LogP contribution in [-0.2, 0) is 14.8 Å². The number of ether oxygens (including phenoxy) is 4. The lowest BCUT2D eigenvalue weighted by atomic mass is 10.1. The van der Waals surface area contributed by atoms with Gasteiger partial charge in [-0.05, 0) is 37.3 Å². The number of amides is 1. The normalized spacial score (nSPS) is 15.6. The summed E-state index contributed by atoms with van der Waals surface area (Å²) in [5, 5.41) is 2.89. The van der Waals surface area contributed by atoms with Gasteiger partial charge in [0.05, 0.1) is 51.0 Å². The Morgan fingerprint density at radius 3 is 2.31 bits per heavy atom. The minimum Gasteiger partial charge on any atom is -0.497 e. The first-order valence-corrected chi connectivity index (χ1v) is 11.5. The molecule has 0 radical (unpaired) electrons. The molecular formula is C22H28N2O7S. The summed E-state index contributed by atoms with van der Waals surface area (Å²) in [7, 11) is 0.768. The van der Waals surface area contributed by atoms with Crippen LogP contribution in [0.5, 0.6) is 17.2 Å². The molecule has 10 heteroatoms. The summed E-state index contributed by atoms with van der Waals surface area (Å²) in [4.78, 5) is 13.1. The first kappa shape index (κ1) is 23.8. The van der Waals surface area contributed by atoms with E-state index < -0.39 is 22.0 Å². The number of carbonyl (C=O) groups excluding carboxylic acids is 1. The number of methoxy groups -OCH3 is 3. The Hall–Kier alpha value is -2.82. The Morgan fingerprint density at radius 2 is 1.69 bits per heavy atom. The van der Waals surface area contributed by atoms with Gasteiger partial charge in [0.1, 0.15) is 17.2 Å². The van der Waals surface area contributed by atoms with Crippen LogP contribution in [0.25, 0.3) is 0 Å². The number of nitrogens with zero attached hydrogens (tertiary/aromatic N) is 1. The standard InChI is InChI=1S/C22H28N2O7S/c1-15(18-7-5-16(28-2)13-21(18)30-4)23-22(25)19-14-17(6-8-20(19)29-3)32(26,27)24-9-11-31-12-10-24/h5-8,13-15H,9-12H2,1-4H3,(H,23,25). The first-order chi connectivity index (χ1) is 15.3. The summed E-state index contributed by atoms with van der Waals surface area (Å²) in [6.07, 6.45) is 0. The second-order valence-corrected chi connectivity index (χ2v) is 9.12. The minimum atomic E-state index is -3.76. The summed E-state index contributed by atoms with van der Waals surface area (Å²) in [5.74, 6) is 1.00.